The summed E-state index contributed by atoms with van der Waals surface area (Å²) in [6.07, 6.45) is 0.358. The molecule has 0 spiro atoms. The molecule has 0 saturated carbocycles. The highest BCUT2D eigenvalue weighted by atomic mass is 35.5. The molecule has 1 aliphatic heterocycles. The van der Waals surface area contributed by atoms with Crippen molar-refractivity contribution in [2.75, 3.05) is 4.90 Å². The van der Waals surface area contributed by atoms with Crippen LogP contribution < -0.4 is 4.90 Å². The first-order chi connectivity index (χ1) is 15.5. The van der Waals surface area contributed by atoms with Gasteiger partial charge in [-0.15, -0.1) is 0 Å². The first-order valence-corrected chi connectivity index (χ1v) is 12.3. The Labute approximate surface area is 193 Å². The molecule has 0 aromatic heterocycles. The highest BCUT2D eigenvalue weighted by molar-refractivity contribution is 7.93. The zero-order valence-electron chi connectivity index (χ0n) is 17.3. The van der Waals surface area contributed by atoms with E-state index in [0.717, 1.165) is 16.8 Å². The van der Waals surface area contributed by atoms with Crippen LogP contribution in [0, 0.1) is 0 Å². The Kier molecular flexibility index (Phi) is 5.28. The molecule has 4 aromatic carbocycles. The maximum Gasteiger partial charge on any atom is 0.205 e. The molecule has 1 fully saturated rings. The van der Waals surface area contributed by atoms with Gasteiger partial charge in [-0.05, 0) is 47.5 Å². The van der Waals surface area contributed by atoms with E-state index < -0.39 is 14.7 Å². The predicted octanol–water partition coefficient (Wildman–Crippen LogP) is 6.31. The van der Waals surface area contributed by atoms with E-state index in [1.54, 1.807) is 24.3 Å². The maximum atomic E-state index is 14.3. The van der Waals surface area contributed by atoms with E-state index in [9.17, 15) is 8.42 Å². The molecule has 1 aliphatic rings. The van der Waals surface area contributed by atoms with Gasteiger partial charge in [-0.2, -0.15) is 0 Å². The number of anilines is 1. The van der Waals surface area contributed by atoms with Crippen LogP contribution in [0.4, 0.5) is 5.69 Å². The SMILES string of the molecule is O=S(=O)(c1ccccc1)C1(Cc2ccccc2)C(c2cccc(Cl)c2)N1c1ccccc1. The van der Waals surface area contributed by atoms with Crippen LogP contribution in [0.3, 0.4) is 0 Å². The summed E-state index contributed by atoms with van der Waals surface area (Å²) in [5.74, 6) is 0. The largest absolute Gasteiger partial charge is 0.339 e. The molecule has 1 saturated heterocycles. The fourth-order valence-electron chi connectivity index (χ4n) is 4.60. The van der Waals surface area contributed by atoms with E-state index in [2.05, 4.69) is 0 Å². The van der Waals surface area contributed by atoms with Crippen LogP contribution in [0.2, 0.25) is 5.02 Å². The second kappa shape index (κ2) is 8.12. The maximum absolute atomic E-state index is 14.3. The van der Waals surface area contributed by atoms with Gasteiger partial charge in [-0.25, -0.2) is 8.42 Å². The van der Waals surface area contributed by atoms with Crippen molar-refractivity contribution < 1.29 is 8.42 Å². The Morgan fingerprint density at radius 2 is 1.34 bits per heavy atom. The molecule has 5 rings (SSSR count). The Bertz CT molecular complexity index is 1330. The second-order valence-corrected chi connectivity index (χ2v) is 10.6. The standard InChI is InChI=1S/C27H22ClNO2S/c28-23-14-10-13-22(19-23)26-27(20-21-11-4-1-5-12-21,29(26)24-15-6-2-7-16-24)32(30,31)25-17-8-3-9-18-25/h1-19,26H,20H2. The van der Waals surface area contributed by atoms with Gasteiger partial charge < -0.3 is 4.90 Å². The van der Waals surface area contributed by atoms with Gasteiger partial charge >= 0.3 is 0 Å². The van der Waals surface area contributed by atoms with Crippen LogP contribution in [-0.4, -0.2) is 13.3 Å². The van der Waals surface area contributed by atoms with Gasteiger partial charge in [0.15, 0.2) is 4.87 Å². The lowest BCUT2D eigenvalue weighted by atomic mass is 10.0. The van der Waals surface area contributed by atoms with Crippen molar-refractivity contribution in [3.8, 4) is 0 Å². The van der Waals surface area contributed by atoms with Crippen molar-refractivity contribution in [2.24, 2.45) is 0 Å². The molecule has 0 radical (unpaired) electrons. The quantitative estimate of drug-likeness (QED) is 0.317. The van der Waals surface area contributed by atoms with E-state index in [0.29, 0.717) is 16.3 Å². The third-order valence-electron chi connectivity index (χ3n) is 6.04. The van der Waals surface area contributed by atoms with Gasteiger partial charge in [0.25, 0.3) is 0 Å². The van der Waals surface area contributed by atoms with Gasteiger partial charge in [-0.3, -0.25) is 0 Å². The topological polar surface area (TPSA) is 37.1 Å². The molecule has 2 unspecified atom stereocenters. The summed E-state index contributed by atoms with van der Waals surface area (Å²) in [5.41, 5.74) is 2.72. The lowest BCUT2D eigenvalue weighted by Crippen LogP contribution is -2.33. The number of para-hydroxylation sites is 1. The number of rotatable bonds is 6. The predicted molar refractivity (Wildman–Crippen MR) is 130 cm³/mol. The monoisotopic (exact) mass is 459 g/mol. The van der Waals surface area contributed by atoms with E-state index in [4.69, 9.17) is 11.6 Å². The van der Waals surface area contributed by atoms with Gasteiger partial charge in [0.05, 0.1) is 10.9 Å². The molecule has 2 atom stereocenters. The number of hydrogen-bond donors (Lipinski definition) is 0. The molecule has 32 heavy (non-hydrogen) atoms. The Morgan fingerprint density at radius 1 is 0.750 bits per heavy atom. The van der Waals surface area contributed by atoms with Crippen LogP contribution in [0.15, 0.2) is 120 Å². The second-order valence-electron chi connectivity index (χ2n) is 7.99. The molecule has 1 heterocycles. The van der Waals surface area contributed by atoms with E-state index in [1.165, 1.54) is 0 Å². The van der Waals surface area contributed by atoms with E-state index in [-0.39, 0.29) is 6.04 Å². The minimum Gasteiger partial charge on any atom is -0.339 e. The Balaban J connectivity index is 1.75. The van der Waals surface area contributed by atoms with Crippen molar-refractivity contribution in [1.29, 1.82) is 0 Å². The summed E-state index contributed by atoms with van der Waals surface area (Å²) < 4.78 is 28.6. The minimum atomic E-state index is -3.75. The summed E-state index contributed by atoms with van der Waals surface area (Å²) >= 11 is 6.33. The van der Waals surface area contributed by atoms with Gasteiger partial charge in [0.1, 0.15) is 0 Å². The Hall–Kier alpha value is -3.08. The molecular formula is C27H22ClNO2S. The van der Waals surface area contributed by atoms with Crippen molar-refractivity contribution in [2.45, 2.75) is 22.2 Å². The number of sulfone groups is 1. The molecular weight excluding hydrogens is 438 g/mol. The normalized spacial score (nSPS) is 20.2. The van der Waals surface area contributed by atoms with Crippen molar-refractivity contribution in [3.63, 3.8) is 0 Å². The zero-order valence-corrected chi connectivity index (χ0v) is 18.9. The van der Waals surface area contributed by atoms with Crippen LogP contribution >= 0.6 is 11.6 Å². The highest BCUT2D eigenvalue weighted by Crippen LogP contribution is 2.62. The van der Waals surface area contributed by atoms with Crippen molar-refractivity contribution in [1.82, 2.24) is 0 Å². The van der Waals surface area contributed by atoms with Crippen LogP contribution in [0.5, 0.6) is 0 Å². The van der Waals surface area contributed by atoms with Gasteiger partial charge in [-0.1, -0.05) is 90.5 Å². The molecule has 4 aromatic rings. The first kappa shape index (κ1) is 20.8. The third-order valence-corrected chi connectivity index (χ3v) is 8.67. The third kappa shape index (κ3) is 3.40. The number of benzene rings is 4. The number of hydrogen-bond acceptors (Lipinski definition) is 3. The summed E-state index contributed by atoms with van der Waals surface area (Å²) in [6.45, 7) is 0. The van der Waals surface area contributed by atoms with Crippen LogP contribution in [0.1, 0.15) is 17.2 Å². The molecule has 0 N–H and O–H groups in total. The average Bonchev–Trinajstić information content (AvgIpc) is 3.51. The number of halogens is 1. The summed E-state index contributed by atoms with van der Waals surface area (Å²) in [7, 11) is -3.75. The fraction of sp³-hybridized carbons (Fsp3) is 0.111. The summed E-state index contributed by atoms with van der Waals surface area (Å²) in [4.78, 5) is 1.18. The van der Waals surface area contributed by atoms with Crippen LogP contribution in [0.25, 0.3) is 0 Å². The van der Waals surface area contributed by atoms with Gasteiger partial charge in [0.2, 0.25) is 9.84 Å². The zero-order chi connectivity index (χ0) is 22.2. The lowest BCUT2D eigenvalue weighted by Gasteiger charge is -2.20. The highest BCUT2D eigenvalue weighted by Gasteiger charge is 2.71. The molecule has 160 valence electrons. The molecule has 0 amide bonds. The number of nitrogens with zero attached hydrogens (tertiary/aromatic N) is 1. The van der Waals surface area contributed by atoms with Crippen LogP contribution in [-0.2, 0) is 16.3 Å². The average molecular weight is 460 g/mol. The lowest BCUT2D eigenvalue weighted by molar-refractivity contribution is 0.572. The smallest absolute Gasteiger partial charge is 0.205 e. The molecule has 0 bridgehead atoms. The van der Waals surface area contributed by atoms with Gasteiger partial charge in [0, 0.05) is 17.1 Å². The molecule has 0 aliphatic carbocycles. The first-order valence-electron chi connectivity index (χ1n) is 10.5. The minimum absolute atomic E-state index is 0.321. The van der Waals surface area contributed by atoms with Crippen molar-refractivity contribution >= 4 is 27.1 Å². The molecule has 5 heteroatoms. The van der Waals surface area contributed by atoms with E-state index in [1.807, 2.05) is 95.9 Å². The fourth-order valence-corrected chi connectivity index (χ4v) is 7.03. The summed E-state index contributed by atoms with van der Waals surface area (Å²) in [5, 5.41) is 0.591. The van der Waals surface area contributed by atoms with E-state index >= 15 is 0 Å². The summed E-state index contributed by atoms with van der Waals surface area (Å²) in [6, 6.07) is 35.4. The van der Waals surface area contributed by atoms with Crippen molar-refractivity contribution in [3.05, 3.63) is 131 Å². The Morgan fingerprint density at radius 3 is 1.97 bits per heavy atom. The molecule has 3 nitrogen and oxygen atoms in total.